The summed E-state index contributed by atoms with van der Waals surface area (Å²) in [6.07, 6.45) is 2.80. The number of nitrogens with two attached hydrogens (primary N) is 1. The topological polar surface area (TPSA) is 55.1 Å². The molecule has 0 aliphatic carbocycles. The van der Waals surface area contributed by atoms with Crippen LogP contribution >= 0.6 is 0 Å². The Balaban J connectivity index is 4.35. The number of hydrogen-bond acceptors (Lipinski definition) is 2. The highest BCUT2D eigenvalue weighted by Crippen LogP contribution is 2.15. The maximum absolute atomic E-state index is 11.8. The van der Waals surface area contributed by atoms with E-state index in [0.29, 0.717) is 0 Å². The molecule has 1 amide bonds. The smallest absolute Gasteiger partial charge is 0.237 e. The summed E-state index contributed by atoms with van der Waals surface area (Å²) in [5.41, 5.74) is 5.77. The van der Waals surface area contributed by atoms with E-state index in [0.717, 1.165) is 19.3 Å². The Morgan fingerprint density at radius 2 is 1.80 bits per heavy atom. The average molecular weight is 214 g/mol. The predicted molar refractivity (Wildman–Crippen MR) is 64.6 cm³/mol. The van der Waals surface area contributed by atoms with E-state index in [1.54, 1.807) is 0 Å². The molecule has 0 saturated carbocycles. The van der Waals surface area contributed by atoms with Gasteiger partial charge in [0.2, 0.25) is 5.91 Å². The molecule has 0 rings (SSSR count). The van der Waals surface area contributed by atoms with Crippen molar-refractivity contribution in [2.24, 2.45) is 11.7 Å². The van der Waals surface area contributed by atoms with E-state index in [1.807, 2.05) is 6.92 Å². The Morgan fingerprint density at radius 1 is 1.33 bits per heavy atom. The summed E-state index contributed by atoms with van der Waals surface area (Å²) in [7, 11) is 0. The molecule has 2 unspecified atom stereocenters. The van der Waals surface area contributed by atoms with Gasteiger partial charge in [-0.3, -0.25) is 4.79 Å². The largest absolute Gasteiger partial charge is 0.350 e. The van der Waals surface area contributed by atoms with Gasteiger partial charge in [0.25, 0.3) is 0 Å². The van der Waals surface area contributed by atoms with Crippen LogP contribution in [0.5, 0.6) is 0 Å². The van der Waals surface area contributed by atoms with E-state index >= 15 is 0 Å². The molecule has 3 heteroatoms. The van der Waals surface area contributed by atoms with E-state index in [9.17, 15) is 4.79 Å². The Hall–Kier alpha value is -0.570. The normalized spacial score (nSPS) is 15.9. The zero-order valence-corrected chi connectivity index (χ0v) is 10.8. The highest BCUT2D eigenvalue weighted by Gasteiger charge is 2.26. The van der Waals surface area contributed by atoms with Crippen molar-refractivity contribution in [2.45, 2.75) is 65.5 Å². The zero-order valence-electron chi connectivity index (χ0n) is 10.8. The summed E-state index contributed by atoms with van der Waals surface area (Å²) < 4.78 is 0. The van der Waals surface area contributed by atoms with Gasteiger partial charge in [-0.25, -0.2) is 0 Å². The van der Waals surface area contributed by atoms with Gasteiger partial charge in [0.1, 0.15) is 0 Å². The number of carbonyl (C=O) groups is 1. The minimum atomic E-state index is -0.382. The van der Waals surface area contributed by atoms with Crippen LogP contribution in [0.15, 0.2) is 0 Å². The number of amides is 1. The molecule has 0 fully saturated rings. The van der Waals surface area contributed by atoms with Gasteiger partial charge in [0.15, 0.2) is 0 Å². The summed E-state index contributed by atoms with van der Waals surface area (Å²) >= 11 is 0. The first-order valence-electron chi connectivity index (χ1n) is 5.97. The highest BCUT2D eigenvalue weighted by atomic mass is 16.2. The van der Waals surface area contributed by atoms with E-state index in [2.05, 4.69) is 33.0 Å². The Bertz CT molecular complexity index is 200. The fraction of sp³-hybridized carbons (Fsp3) is 0.917. The van der Waals surface area contributed by atoms with Gasteiger partial charge in [0.05, 0.1) is 6.04 Å². The molecule has 0 radical (unpaired) electrons. The summed E-state index contributed by atoms with van der Waals surface area (Å²) in [4.78, 5) is 11.8. The standard InChI is InChI=1S/C12H26N2O/c1-6-9(4)10(13)11(15)14-12(5,7-2)8-3/h9-10H,6-8,13H2,1-5H3,(H,14,15). The van der Waals surface area contributed by atoms with Gasteiger partial charge in [-0.15, -0.1) is 0 Å². The summed E-state index contributed by atoms with van der Waals surface area (Å²) in [6, 6.07) is -0.382. The van der Waals surface area contributed by atoms with Gasteiger partial charge in [-0.05, 0) is 25.7 Å². The monoisotopic (exact) mass is 214 g/mol. The Morgan fingerprint density at radius 3 is 2.13 bits per heavy atom. The van der Waals surface area contributed by atoms with Crippen LogP contribution in [0, 0.1) is 5.92 Å². The van der Waals surface area contributed by atoms with Gasteiger partial charge < -0.3 is 11.1 Å². The van der Waals surface area contributed by atoms with E-state index in [1.165, 1.54) is 0 Å². The minimum Gasteiger partial charge on any atom is -0.350 e. The van der Waals surface area contributed by atoms with Crippen LogP contribution < -0.4 is 11.1 Å². The fourth-order valence-corrected chi connectivity index (χ4v) is 1.32. The third-order valence-corrected chi connectivity index (χ3v) is 3.55. The number of hydrogen-bond donors (Lipinski definition) is 2. The molecule has 0 aliphatic rings. The lowest BCUT2D eigenvalue weighted by atomic mass is 9.93. The maximum Gasteiger partial charge on any atom is 0.237 e. The molecule has 0 aromatic rings. The van der Waals surface area contributed by atoms with Gasteiger partial charge >= 0.3 is 0 Å². The van der Waals surface area contributed by atoms with E-state index < -0.39 is 0 Å². The van der Waals surface area contributed by atoms with Crippen LogP contribution in [0.1, 0.15) is 53.9 Å². The van der Waals surface area contributed by atoms with E-state index in [4.69, 9.17) is 5.73 Å². The van der Waals surface area contributed by atoms with Crippen LogP contribution in [0.4, 0.5) is 0 Å². The Kier molecular flexibility index (Phi) is 5.88. The molecule has 0 saturated heterocycles. The number of carbonyl (C=O) groups excluding carboxylic acids is 1. The summed E-state index contributed by atoms with van der Waals surface area (Å²) in [6.45, 7) is 10.3. The minimum absolute atomic E-state index is 0.0180. The molecule has 90 valence electrons. The summed E-state index contributed by atoms with van der Waals surface area (Å²) in [5, 5.41) is 3.04. The summed E-state index contributed by atoms with van der Waals surface area (Å²) in [5.74, 6) is 0.221. The van der Waals surface area contributed by atoms with Crippen LogP contribution in [0.3, 0.4) is 0 Å². The SMILES string of the molecule is CCC(C)C(N)C(=O)NC(C)(CC)CC. The van der Waals surface area contributed by atoms with Crippen LogP contribution in [-0.4, -0.2) is 17.5 Å². The van der Waals surface area contributed by atoms with Crippen LogP contribution in [0.25, 0.3) is 0 Å². The van der Waals surface area contributed by atoms with Crippen molar-refractivity contribution < 1.29 is 4.79 Å². The van der Waals surface area contributed by atoms with Crippen molar-refractivity contribution in [1.82, 2.24) is 5.32 Å². The molecule has 0 spiro atoms. The van der Waals surface area contributed by atoms with Crippen molar-refractivity contribution in [3.05, 3.63) is 0 Å². The van der Waals surface area contributed by atoms with Gasteiger partial charge in [-0.2, -0.15) is 0 Å². The molecular formula is C12H26N2O. The van der Waals surface area contributed by atoms with Crippen molar-refractivity contribution in [1.29, 1.82) is 0 Å². The zero-order chi connectivity index (χ0) is 12.1. The first-order chi connectivity index (χ1) is 6.90. The molecule has 3 nitrogen and oxygen atoms in total. The molecule has 0 heterocycles. The second kappa shape index (κ2) is 6.11. The lowest BCUT2D eigenvalue weighted by Crippen LogP contribution is -2.53. The number of rotatable bonds is 6. The fourth-order valence-electron chi connectivity index (χ4n) is 1.32. The van der Waals surface area contributed by atoms with Crippen molar-refractivity contribution in [3.63, 3.8) is 0 Å². The van der Waals surface area contributed by atoms with E-state index in [-0.39, 0.29) is 23.4 Å². The first kappa shape index (κ1) is 14.4. The quantitative estimate of drug-likeness (QED) is 0.711. The maximum atomic E-state index is 11.8. The molecule has 0 bridgehead atoms. The molecule has 15 heavy (non-hydrogen) atoms. The lowest BCUT2D eigenvalue weighted by Gasteiger charge is -2.30. The number of nitrogens with one attached hydrogen (secondary N) is 1. The molecule has 0 aromatic heterocycles. The molecule has 0 aliphatic heterocycles. The third kappa shape index (κ3) is 4.20. The second-order valence-corrected chi connectivity index (χ2v) is 4.67. The second-order valence-electron chi connectivity index (χ2n) is 4.67. The van der Waals surface area contributed by atoms with Gasteiger partial charge in [0, 0.05) is 5.54 Å². The van der Waals surface area contributed by atoms with Crippen LogP contribution in [-0.2, 0) is 4.79 Å². The Labute approximate surface area is 93.8 Å². The highest BCUT2D eigenvalue weighted by molar-refractivity contribution is 5.82. The first-order valence-corrected chi connectivity index (χ1v) is 5.97. The van der Waals surface area contributed by atoms with Crippen molar-refractivity contribution in [3.8, 4) is 0 Å². The molecular weight excluding hydrogens is 188 g/mol. The molecule has 2 atom stereocenters. The van der Waals surface area contributed by atoms with Crippen molar-refractivity contribution in [2.75, 3.05) is 0 Å². The molecule has 3 N–H and O–H groups in total. The molecule has 0 aromatic carbocycles. The van der Waals surface area contributed by atoms with Gasteiger partial charge in [-0.1, -0.05) is 34.1 Å². The van der Waals surface area contributed by atoms with Crippen LogP contribution in [0.2, 0.25) is 0 Å². The lowest BCUT2D eigenvalue weighted by molar-refractivity contribution is -0.125. The predicted octanol–water partition coefficient (Wildman–Crippen LogP) is 2.05. The average Bonchev–Trinajstić information content (AvgIpc) is 2.26. The third-order valence-electron chi connectivity index (χ3n) is 3.55. The van der Waals surface area contributed by atoms with Crippen molar-refractivity contribution >= 4 is 5.91 Å².